The van der Waals surface area contributed by atoms with E-state index in [0.717, 1.165) is 25.9 Å². The Kier molecular flexibility index (Phi) is 6.71. The third-order valence-corrected chi connectivity index (χ3v) is 4.33. The molecule has 1 rings (SSSR count). The number of hydrogen-bond acceptors (Lipinski definition) is 3. The normalized spacial score (nSPS) is 18.7. The third-order valence-electron chi connectivity index (χ3n) is 4.33. The number of guanidine groups is 1. The Bertz CT molecular complexity index is 417. The minimum atomic E-state index is -0.444. The number of carbonyl (C=O) groups is 1. The van der Waals surface area contributed by atoms with Crippen LogP contribution in [0.5, 0.6) is 0 Å². The predicted molar refractivity (Wildman–Crippen MR) is 94.6 cm³/mol. The number of hydrogen-bond donors (Lipinski definition) is 1. The highest BCUT2D eigenvalue weighted by atomic mass is 16.6. The lowest BCUT2D eigenvalue weighted by Gasteiger charge is -2.39. The van der Waals surface area contributed by atoms with Crippen LogP contribution in [0.3, 0.4) is 0 Å². The van der Waals surface area contributed by atoms with Crippen LogP contribution in [-0.2, 0) is 4.74 Å². The van der Waals surface area contributed by atoms with Crippen molar-refractivity contribution in [2.24, 2.45) is 16.1 Å². The maximum atomic E-state index is 12.1. The Morgan fingerprint density at radius 3 is 2.22 bits per heavy atom. The van der Waals surface area contributed by atoms with Gasteiger partial charge in [0.1, 0.15) is 5.60 Å². The Morgan fingerprint density at radius 1 is 1.26 bits per heavy atom. The summed E-state index contributed by atoms with van der Waals surface area (Å²) >= 11 is 0. The summed E-state index contributed by atoms with van der Waals surface area (Å²) in [5.74, 6) is 0.616. The number of carbonyl (C=O) groups excluding carboxylic acids is 1. The summed E-state index contributed by atoms with van der Waals surface area (Å²) < 4.78 is 5.44. The molecule has 1 aliphatic rings. The number of rotatable bonds is 4. The molecular weight excluding hydrogens is 292 g/mol. The third kappa shape index (κ3) is 6.28. The molecule has 0 aromatic rings. The molecule has 1 heterocycles. The average molecular weight is 326 g/mol. The fourth-order valence-electron chi connectivity index (χ4n) is 2.63. The molecule has 1 saturated heterocycles. The van der Waals surface area contributed by atoms with Gasteiger partial charge in [-0.15, -0.1) is 0 Å². The minimum absolute atomic E-state index is 0.0935. The lowest BCUT2D eigenvalue weighted by molar-refractivity contribution is 0.0127. The molecule has 23 heavy (non-hydrogen) atoms. The predicted octanol–water partition coefficient (Wildman–Crippen LogP) is 2.68. The van der Waals surface area contributed by atoms with Gasteiger partial charge >= 0.3 is 6.09 Å². The topological polar surface area (TPSA) is 71.2 Å². The van der Waals surface area contributed by atoms with Crippen LogP contribution >= 0.6 is 0 Å². The van der Waals surface area contributed by atoms with Gasteiger partial charge in [-0.3, -0.25) is 4.99 Å². The first-order valence-electron chi connectivity index (χ1n) is 8.63. The van der Waals surface area contributed by atoms with Crippen molar-refractivity contribution in [3.05, 3.63) is 0 Å². The maximum Gasteiger partial charge on any atom is 0.410 e. The van der Waals surface area contributed by atoms with Gasteiger partial charge in [0.2, 0.25) is 0 Å². The zero-order chi connectivity index (χ0) is 17.7. The first-order chi connectivity index (χ1) is 10.6. The largest absolute Gasteiger partial charge is 0.444 e. The number of likely N-dealkylation sites (tertiary alicyclic amines) is 1. The molecule has 0 radical (unpaired) electrons. The van der Waals surface area contributed by atoms with Crippen LogP contribution in [0.2, 0.25) is 0 Å². The molecule has 0 aliphatic carbocycles. The number of aliphatic imine (C=N–C) groups is 1. The Hall–Kier alpha value is -1.46. The van der Waals surface area contributed by atoms with E-state index in [4.69, 9.17) is 10.5 Å². The van der Waals surface area contributed by atoms with Crippen molar-refractivity contribution < 1.29 is 9.53 Å². The van der Waals surface area contributed by atoms with E-state index in [-0.39, 0.29) is 11.5 Å². The maximum absolute atomic E-state index is 12.1. The van der Waals surface area contributed by atoms with Crippen molar-refractivity contribution >= 4 is 12.1 Å². The van der Waals surface area contributed by atoms with Gasteiger partial charge in [0.25, 0.3) is 0 Å². The van der Waals surface area contributed by atoms with Gasteiger partial charge in [0.15, 0.2) is 5.96 Å². The summed E-state index contributed by atoms with van der Waals surface area (Å²) in [6, 6.07) is 0. The summed E-state index contributed by atoms with van der Waals surface area (Å²) in [5.41, 5.74) is 5.70. The van der Waals surface area contributed by atoms with Crippen molar-refractivity contribution in [2.75, 3.05) is 32.7 Å². The Labute approximate surface area is 141 Å². The fourth-order valence-corrected chi connectivity index (χ4v) is 2.63. The summed E-state index contributed by atoms with van der Waals surface area (Å²) in [6.45, 7) is 15.9. The van der Waals surface area contributed by atoms with Crippen molar-refractivity contribution in [1.29, 1.82) is 0 Å². The monoisotopic (exact) mass is 326 g/mol. The number of piperidine rings is 1. The molecule has 6 nitrogen and oxygen atoms in total. The lowest BCUT2D eigenvalue weighted by atomic mass is 9.80. The molecule has 0 aromatic carbocycles. The van der Waals surface area contributed by atoms with E-state index in [2.05, 4.69) is 30.7 Å². The summed E-state index contributed by atoms with van der Waals surface area (Å²) in [7, 11) is 0. The van der Waals surface area contributed by atoms with Gasteiger partial charge < -0.3 is 20.3 Å². The zero-order valence-electron chi connectivity index (χ0n) is 15.7. The Balaban J connectivity index is 2.53. The molecule has 0 bridgehead atoms. The molecule has 2 N–H and O–H groups in total. The zero-order valence-corrected chi connectivity index (χ0v) is 15.7. The van der Waals surface area contributed by atoms with Crippen LogP contribution in [0, 0.1) is 5.41 Å². The molecule has 134 valence electrons. The molecule has 0 spiro atoms. The van der Waals surface area contributed by atoms with Gasteiger partial charge in [-0.25, -0.2) is 4.79 Å². The second-order valence-corrected chi connectivity index (χ2v) is 7.62. The van der Waals surface area contributed by atoms with E-state index in [1.54, 1.807) is 4.90 Å². The van der Waals surface area contributed by atoms with Crippen molar-refractivity contribution in [2.45, 2.75) is 60.0 Å². The van der Waals surface area contributed by atoms with Crippen molar-refractivity contribution in [3.63, 3.8) is 0 Å². The SMILES string of the molecule is CCN(CC)C(N)=NCC1(C)CCN(C(=O)OC(C)(C)C)CC1. The fraction of sp³-hybridized carbons (Fsp3) is 0.882. The minimum Gasteiger partial charge on any atom is -0.444 e. The number of nitrogens with zero attached hydrogens (tertiary/aromatic N) is 3. The molecule has 0 saturated carbocycles. The smallest absolute Gasteiger partial charge is 0.410 e. The van der Waals surface area contributed by atoms with E-state index >= 15 is 0 Å². The highest BCUT2D eigenvalue weighted by Crippen LogP contribution is 2.31. The first-order valence-corrected chi connectivity index (χ1v) is 8.63. The number of ether oxygens (including phenoxy) is 1. The van der Waals surface area contributed by atoms with Crippen LogP contribution in [0.1, 0.15) is 54.4 Å². The van der Waals surface area contributed by atoms with Crippen molar-refractivity contribution in [3.8, 4) is 0 Å². The van der Waals surface area contributed by atoms with Gasteiger partial charge in [-0.05, 0) is 52.9 Å². The standard InChI is InChI=1S/C17H34N4O2/c1-7-20(8-2)14(18)19-13-17(6)9-11-21(12-10-17)15(22)23-16(3,4)5/h7-13H2,1-6H3,(H2,18,19). The van der Waals surface area contributed by atoms with E-state index in [1.165, 1.54) is 0 Å². The van der Waals surface area contributed by atoms with E-state index in [0.29, 0.717) is 25.6 Å². The highest BCUT2D eigenvalue weighted by molar-refractivity contribution is 5.78. The van der Waals surface area contributed by atoms with Crippen LogP contribution in [0.25, 0.3) is 0 Å². The second-order valence-electron chi connectivity index (χ2n) is 7.62. The quantitative estimate of drug-likeness (QED) is 0.637. The molecule has 1 aliphatic heterocycles. The molecule has 1 fully saturated rings. The molecule has 1 amide bonds. The summed E-state index contributed by atoms with van der Waals surface area (Å²) in [6.07, 6.45) is 1.62. The second kappa shape index (κ2) is 7.88. The highest BCUT2D eigenvalue weighted by Gasteiger charge is 2.33. The summed E-state index contributed by atoms with van der Waals surface area (Å²) in [4.78, 5) is 20.5. The van der Waals surface area contributed by atoms with E-state index in [1.807, 2.05) is 20.8 Å². The molecular formula is C17H34N4O2. The first kappa shape index (κ1) is 19.6. The van der Waals surface area contributed by atoms with Gasteiger partial charge in [-0.2, -0.15) is 0 Å². The molecule has 0 unspecified atom stereocenters. The Morgan fingerprint density at radius 2 is 1.78 bits per heavy atom. The van der Waals surface area contributed by atoms with Crippen molar-refractivity contribution in [1.82, 2.24) is 9.80 Å². The number of amides is 1. The number of nitrogens with two attached hydrogens (primary N) is 1. The van der Waals surface area contributed by atoms with Gasteiger partial charge in [0.05, 0.1) is 0 Å². The van der Waals surface area contributed by atoms with Gasteiger partial charge in [0, 0.05) is 32.7 Å². The van der Waals surface area contributed by atoms with Crippen LogP contribution < -0.4 is 5.73 Å². The lowest BCUT2D eigenvalue weighted by Crippen LogP contribution is -2.45. The molecule has 0 atom stereocenters. The average Bonchev–Trinajstić information content (AvgIpc) is 2.45. The molecule has 6 heteroatoms. The molecule has 0 aromatic heterocycles. The summed E-state index contributed by atoms with van der Waals surface area (Å²) in [5, 5.41) is 0. The van der Waals surface area contributed by atoms with Crippen LogP contribution in [0.4, 0.5) is 4.79 Å². The van der Waals surface area contributed by atoms with Crippen LogP contribution in [0.15, 0.2) is 4.99 Å². The van der Waals surface area contributed by atoms with Gasteiger partial charge in [-0.1, -0.05) is 6.92 Å². The van der Waals surface area contributed by atoms with E-state index < -0.39 is 5.60 Å². The van der Waals surface area contributed by atoms with Crippen LogP contribution in [-0.4, -0.2) is 60.2 Å². The van der Waals surface area contributed by atoms with E-state index in [9.17, 15) is 4.79 Å².